The maximum atomic E-state index is 12.7. The van der Waals surface area contributed by atoms with Gasteiger partial charge in [-0.15, -0.1) is 0 Å². The van der Waals surface area contributed by atoms with Crippen molar-refractivity contribution in [1.82, 2.24) is 4.90 Å². The van der Waals surface area contributed by atoms with E-state index in [9.17, 15) is 18.0 Å². The van der Waals surface area contributed by atoms with E-state index in [4.69, 9.17) is 16.3 Å². The molecule has 0 aromatic heterocycles. The maximum Gasteiger partial charge on any atom is 0.416 e. The highest BCUT2D eigenvalue weighted by molar-refractivity contribution is 6.32. The average molecular weight is 398 g/mol. The zero-order chi connectivity index (χ0) is 20.0. The predicted molar refractivity (Wildman–Crippen MR) is 99.9 cm³/mol. The van der Waals surface area contributed by atoms with Gasteiger partial charge in [-0.25, -0.2) is 0 Å². The molecule has 0 aliphatic heterocycles. The molecule has 0 aliphatic rings. The van der Waals surface area contributed by atoms with Crippen LogP contribution in [0.4, 0.5) is 13.2 Å². The van der Waals surface area contributed by atoms with Gasteiger partial charge in [-0.3, -0.25) is 4.79 Å². The number of carbonyl (C=O) groups excluding carboxylic acids is 1. The summed E-state index contributed by atoms with van der Waals surface area (Å²) in [5.74, 6) is 0.413. The smallest absolute Gasteiger partial charge is 0.416 e. The molecule has 2 aromatic carbocycles. The van der Waals surface area contributed by atoms with Gasteiger partial charge in [0.15, 0.2) is 0 Å². The first-order valence-electron chi connectivity index (χ1n) is 8.36. The van der Waals surface area contributed by atoms with Gasteiger partial charge in [-0.2, -0.15) is 13.2 Å². The van der Waals surface area contributed by atoms with Crippen LogP contribution in [0.2, 0.25) is 5.02 Å². The number of amides is 1. The van der Waals surface area contributed by atoms with E-state index < -0.39 is 11.7 Å². The van der Waals surface area contributed by atoms with Crippen molar-refractivity contribution in [1.29, 1.82) is 0 Å². The van der Waals surface area contributed by atoms with Gasteiger partial charge in [0.2, 0.25) is 5.91 Å². The Kier molecular flexibility index (Phi) is 6.91. The Bertz CT molecular complexity index is 830. The van der Waals surface area contributed by atoms with E-state index >= 15 is 0 Å². The van der Waals surface area contributed by atoms with Crippen molar-refractivity contribution in [2.75, 3.05) is 13.1 Å². The van der Waals surface area contributed by atoms with Crippen LogP contribution in [0.5, 0.6) is 11.5 Å². The highest BCUT2D eigenvalue weighted by Gasteiger charge is 2.31. The van der Waals surface area contributed by atoms with Crippen molar-refractivity contribution in [2.45, 2.75) is 20.0 Å². The normalized spacial score (nSPS) is 11.6. The number of hydrogen-bond acceptors (Lipinski definition) is 2. The molecule has 0 saturated heterocycles. The van der Waals surface area contributed by atoms with Gasteiger partial charge < -0.3 is 9.64 Å². The minimum Gasteiger partial charge on any atom is -0.456 e. The summed E-state index contributed by atoms with van der Waals surface area (Å²) in [6.07, 6.45) is -1.34. The lowest BCUT2D eigenvalue weighted by Gasteiger charge is -2.15. The molecule has 3 nitrogen and oxygen atoms in total. The molecule has 0 fully saturated rings. The number of halogens is 4. The maximum absolute atomic E-state index is 12.7. The molecule has 0 saturated carbocycles. The Morgan fingerprint density at radius 1 is 1.15 bits per heavy atom. The fourth-order valence-corrected chi connectivity index (χ4v) is 2.60. The Hall–Kier alpha value is -2.47. The second-order valence-electron chi connectivity index (χ2n) is 5.66. The van der Waals surface area contributed by atoms with Gasteiger partial charge in [0, 0.05) is 19.2 Å². The Morgan fingerprint density at radius 2 is 1.85 bits per heavy atom. The molecular formula is C20H19ClF3NO2. The van der Waals surface area contributed by atoms with Gasteiger partial charge in [-0.05, 0) is 55.8 Å². The third-order valence-electron chi connectivity index (χ3n) is 3.84. The highest BCUT2D eigenvalue weighted by Crippen LogP contribution is 2.36. The van der Waals surface area contributed by atoms with Crippen LogP contribution in [-0.4, -0.2) is 23.9 Å². The topological polar surface area (TPSA) is 29.5 Å². The molecular weight excluding hydrogens is 379 g/mol. The molecule has 0 unspecified atom stereocenters. The summed E-state index contributed by atoms with van der Waals surface area (Å²) in [6, 6.07) is 9.73. The van der Waals surface area contributed by atoms with Gasteiger partial charge >= 0.3 is 6.18 Å². The highest BCUT2D eigenvalue weighted by atomic mass is 35.5. The summed E-state index contributed by atoms with van der Waals surface area (Å²) >= 11 is 5.91. The summed E-state index contributed by atoms with van der Waals surface area (Å²) in [7, 11) is 0. The number of nitrogens with zero attached hydrogens (tertiary/aromatic N) is 1. The first kappa shape index (κ1) is 20.8. The molecule has 0 N–H and O–H groups in total. The quantitative estimate of drug-likeness (QED) is 0.557. The first-order valence-corrected chi connectivity index (χ1v) is 8.74. The van der Waals surface area contributed by atoms with E-state index in [1.807, 2.05) is 13.8 Å². The zero-order valence-corrected chi connectivity index (χ0v) is 15.6. The van der Waals surface area contributed by atoms with Crippen molar-refractivity contribution in [3.63, 3.8) is 0 Å². The SMILES string of the molecule is CCN(CC)C(=O)C=Cc1cccc(Oc2ccc(C(F)(F)F)cc2Cl)c1. The van der Waals surface area contributed by atoms with E-state index in [1.165, 1.54) is 12.1 Å². The number of ether oxygens (including phenoxy) is 1. The van der Waals surface area contributed by atoms with E-state index in [0.29, 0.717) is 18.8 Å². The van der Waals surface area contributed by atoms with Crippen LogP contribution in [0.1, 0.15) is 25.0 Å². The van der Waals surface area contributed by atoms with E-state index in [0.717, 1.165) is 17.7 Å². The third-order valence-corrected chi connectivity index (χ3v) is 4.13. The minimum absolute atomic E-state index is 0.0999. The monoisotopic (exact) mass is 397 g/mol. The molecule has 0 radical (unpaired) electrons. The molecule has 0 spiro atoms. The van der Waals surface area contributed by atoms with E-state index in [-0.39, 0.29) is 16.7 Å². The van der Waals surface area contributed by atoms with Crippen LogP contribution in [0, 0.1) is 0 Å². The van der Waals surface area contributed by atoms with Gasteiger partial charge in [0.05, 0.1) is 10.6 Å². The van der Waals surface area contributed by atoms with Crippen LogP contribution >= 0.6 is 11.6 Å². The number of likely N-dealkylation sites (N-methyl/N-ethyl adjacent to an activating group) is 1. The first-order chi connectivity index (χ1) is 12.7. The third kappa shape index (κ3) is 5.76. The average Bonchev–Trinajstić information content (AvgIpc) is 2.62. The van der Waals surface area contributed by atoms with E-state index in [2.05, 4.69) is 0 Å². The predicted octanol–water partition coefficient (Wildman–Crippen LogP) is 6.03. The van der Waals surface area contributed by atoms with Gasteiger partial charge in [0.25, 0.3) is 0 Å². The summed E-state index contributed by atoms with van der Waals surface area (Å²) in [4.78, 5) is 13.7. The lowest BCUT2D eigenvalue weighted by Crippen LogP contribution is -2.28. The van der Waals surface area contributed by atoms with Crippen molar-refractivity contribution < 1.29 is 22.7 Å². The van der Waals surface area contributed by atoms with Crippen LogP contribution in [0.15, 0.2) is 48.5 Å². The molecule has 0 bridgehead atoms. The van der Waals surface area contributed by atoms with Gasteiger partial charge in [-0.1, -0.05) is 23.7 Å². The van der Waals surface area contributed by atoms with Crippen molar-refractivity contribution >= 4 is 23.6 Å². The fraction of sp³-hybridized carbons (Fsp3) is 0.250. The Morgan fingerprint density at radius 3 is 2.44 bits per heavy atom. The lowest BCUT2D eigenvalue weighted by molar-refractivity contribution is -0.137. The Balaban J connectivity index is 2.15. The molecule has 2 rings (SSSR count). The standard InChI is InChI=1S/C20H19ClF3NO2/c1-3-25(4-2)19(26)11-8-14-6-5-7-16(12-14)27-18-10-9-15(13-17(18)21)20(22,23)24/h5-13H,3-4H2,1-2H3. The van der Waals surface area contributed by atoms with E-state index in [1.54, 1.807) is 35.2 Å². The van der Waals surface area contributed by atoms with Crippen molar-refractivity contribution in [2.24, 2.45) is 0 Å². The summed E-state index contributed by atoms with van der Waals surface area (Å²) in [6.45, 7) is 5.04. The van der Waals surface area contributed by atoms with Crippen LogP contribution in [0.3, 0.4) is 0 Å². The lowest BCUT2D eigenvalue weighted by atomic mass is 10.2. The molecule has 2 aromatic rings. The second kappa shape index (κ2) is 8.95. The number of hydrogen-bond donors (Lipinski definition) is 0. The summed E-state index contributed by atoms with van der Waals surface area (Å²) in [5, 5.41) is -0.137. The molecule has 0 atom stereocenters. The van der Waals surface area contributed by atoms with Crippen LogP contribution in [-0.2, 0) is 11.0 Å². The number of rotatable bonds is 6. The molecule has 7 heteroatoms. The second-order valence-corrected chi connectivity index (χ2v) is 6.07. The molecule has 0 heterocycles. The van der Waals surface area contributed by atoms with Crippen molar-refractivity contribution in [3.8, 4) is 11.5 Å². The van der Waals surface area contributed by atoms with Crippen molar-refractivity contribution in [3.05, 3.63) is 64.7 Å². The van der Waals surface area contributed by atoms with Crippen LogP contribution < -0.4 is 4.74 Å². The fourth-order valence-electron chi connectivity index (χ4n) is 2.38. The minimum atomic E-state index is -4.47. The molecule has 1 amide bonds. The van der Waals surface area contributed by atoms with Gasteiger partial charge in [0.1, 0.15) is 11.5 Å². The number of carbonyl (C=O) groups is 1. The largest absolute Gasteiger partial charge is 0.456 e. The number of alkyl halides is 3. The zero-order valence-electron chi connectivity index (χ0n) is 14.9. The summed E-state index contributed by atoms with van der Waals surface area (Å²) in [5.41, 5.74) is -0.123. The Labute approximate surface area is 161 Å². The number of benzene rings is 2. The van der Waals surface area contributed by atoms with Crippen LogP contribution in [0.25, 0.3) is 6.08 Å². The molecule has 27 heavy (non-hydrogen) atoms. The molecule has 0 aliphatic carbocycles. The molecule has 144 valence electrons. The summed E-state index contributed by atoms with van der Waals surface area (Å²) < 4.78 is 43.7.